The minimum Gasteiger partial charge on any atom is -0.493 e. The summed E-state index contributed by atoms with van der Waals surface area (Å²) in [6, 6.07) is 10.5. The molecule has 2 aromatic carbocycles. The van der Waals surface area contributed by atoms with Gasteiger partial charge in [-0.05, 0) is 61.9 Å². The third-order valence-electron chi connectivity index (χ3n) is 5.99. The largest absolute Gasteiger partial charge is 0.493 e. The molecule has 0 unspecified atom stereocenters. The lowest BCUT2D eigenvalue weighted by atomic mass is 10.1. The molecule has 1 amide bonds. The molecule has 0 aliphatic heterocycles. The van der Waals surface area contributed by atoms with Crippen molar-refractivity contribution >= 4 is 28.5 Å². The van der Waals surface area contributed by atoms with Gasteiger partial charge in [-0.25, -0.2) is 4.98 Å². The summed E-state index contributed by atoms with van der Waals surface area (Å²) >= 11 is 1.25. The SMILES string of the molecule is COc1cc(/C=C/C(=O)Nc2nc(-c3cc(C)n(-c4cccc(C(F)(F)F)c4)c3C)cs2)cc(OC)c1OC. The molecule has 0 saturated carbocycles. The summed E-state index contributed by atoms with van der Waals surface area (Å²) in [6.45, 7) is 3.64. The number of anilines is 1. The normalized spacial score (nSPS) is 11.6. The van der Waals surface area contributed by atoms with Crippen molar-refractivity contribution < 1.29 is 32.2 Å². The number of amides is 1. The molecule has 0 aliphatic carbocycles. The Morgan fingerprint density at radius 1 is 1.03 bits per heavy atom. The monoisotopic (exact) mass is 557 g/mol. The zero-order valence-corrected chi connectivity index (χ0v) is 22.7. The van der Waals surface area contributed by atoms with Crippen LogP contribution in [0.5, 0.6) is 17.2 Å². The summed E-state index contributed by atoms with van der Waals surface area (Å²) in [5.41, 5.74) is 3.22. The maximum absolute atomic E-state index is 13.2. The van der Waals surface area contributed by atoms with Gasteiger partial charge < -0.3 is 18.8 Å². The lowest BCUT2D eigenvalue weighted by Crippen LogP contribution is -2.07. The van der Waals surface area contributed by atoms with E-state index in [1.807, 2.05) is 19.9 Å². The molecule has 0 radical (unpaired) electrons. The topological polar surface area (TPSA) is 74.6 Å². The van der Waals surface area contributed by atoms with Gasteiger partial charge in [-0.2, -0.15) is 13.2 Å². The highest BCUT2D eigenvalue weighted by molar-refractivity contribution is 7.14. The Kier molecular flexibility index (Phi) is 8.01. The number of nitrogens with one attached hydrogen (secondary N) is 1. The van der Waals surface area contributed by atoms with E-state index in [1.165, 1.54) is 44.8 Å². The Morgan fingerprint density at radius 3 is 2.33 bits per heavy atom. The molecule has 2 aromatic heterocycles. The van der Waals surface area contributed by atoms with Crippen molar-refractivity contribution in [3.05, 3.63) is 76.4 Å². The third kappa shape index (κ3) is 5.93. The number of aryl methyl sites for hydroxylation is 1. The van der Waals surface area contributed by atoms with E-state index >= 15 is 0 Å². The average Bonchev–Trinajstić information content (AvgIpc) is 3.49. The standard InChI is InChI=1S/C28H26F3N3O4S/c1-16-11-21(17(2)34(16)20-8-6-7-19(14-20)28(29,30)31)22-15-39-27(32-22)33-25(35)10-9-18-12-23(36-3)26(38-5)24(13-18)37-4/h6-15H,1-5H3,(H,32,33,35)/b10-9+. The van der Waals surface area contributed by atoms with Crippen LogP contribution in [-0.2, 0) is 11.0 Å². The molecule has 0 atom stereocenters. The minimum atomic E-state index is -4.43. The Balaban J connectivity index is 1.53. The van der Waals surface area contributed by atoms with Crippen molar-refractivity contribution in [1.29, 1.82) is 0 Å². The quantitative estimate of drug-likeness (QED) is 0.238. The predicted octanol–water partition coefficient (Wildman–Crippen LogP) is 6.91. The first-order chi connectivity index (χ1) is 18.5. The number of carbonyl (C=O) groups is 1. The van der Waals surface area contributed by atoms with Crippen molar-refractivity contribution in [3.8, 4) is 34.2 Å². The Hall–Kier alpha value is -4.25. The van der Waals surface area contributed by atoms with Crippen LogP contribution in [0, 0.1) is 13.8 Å². The van der Waals surface area contributed by atoms with Crippen molar-refractivity contribution in [2.75, 3.05) is 26.6 Å². The predicted molar refractivity (Wildman–Crippen MR) is 145 cm³/mol. The molecule has 2 heterocycles. The number of rotatable bonds is 8. The Morgan fingerprint density at radius 2 is 1.72 bits per heavy atom. The molecule has 4 rings (SSSR count). The Labute approximate surface area is 227 Å². The van der Waals surface area contributed by atoms with Crippen LogP contribution < -0.4 is 19.5 Å². The second-order valence-corrected chi connectivity index (χ2v) is 9.35. The van der Waals surface area contributed by atoms with Gasteiger partial charge in [0.05, 0.1) is 32.6 Å². The van der Waals surface area contributed by atoms with Gasteiger partial charge in [0.2, 0.25) is 11.7 Å². The fraction of sp³-hybridized carbons (Fsp3) is 0.214. The third-order valence-corrected chi connectivity index (χ3v) is 6.75. The van der Waals surface area contributed by atoms with Gasteiger partial charge in [0.25, 0.3) is 0 Å². The van der Waals surface area contributed by atoms with Crippen LogP contribution in [-0.4, -0.2) is 36.8 Å². The summed E-state index contributed by atoms with van der Waals surface area (Å²) in [6.07, 6.45) is -1.46. The lowest BCUT2D eigenvalue weighted by Gasteiger charge is -2.13. The van der Waals surface area contributed by atoms with Crippen LogP contribution in [0.4, 0.5) is 18.3 Å². The van der Waals surface area contributed by atoms with E-state index in [-0.39, 0.29) is 5.91 Å². The number of aromatic nitrogens is 2. The molecule has 1 N–H and O–H groups in total. The Bertz CT molecular complexity index is 1510. The maximum atomic E-state index is 13.2. The molecule has 39 heavy (non-hydrogen) atoms. The summed E-state index contributed by atoms with van der Waals surface area (Å²) < 4.78 is 57.5. The second kappa shape index (κ2) is 11.2. The maximum Gasteiger partial charge on any atom is 0.416 e. The highest BCUT2D eigenvalue weighted by Gasteiger charge is 2.30. The lowest BCUT2D eigenvalue weighted by molar-refractivity contribution is -0.137. The average molecular weight is 558 g/mol. The molecular formula is C28H26F3N3O4S. The summed E-state index contributed by atoms with van der Waals surface area (Å²) in [7, 11) is 4.53. The fourth-order valence-electron chi connectivity index (χ4n) is 4.21. The van der Waals surface area contributed by atoms with Gasteiger partial charge in [-0.1, -0.05) is 6.07 Å². The molecule has 0 spiro atoms. The number of benzene rings is 2. The summed E-state index contributed by atoms with van der Waals surface area (Å²) in [5, 5.41) is 4.91. The second-order valence-electron chi connectivity index (χ2n) is 8.49. The number of thiazole rings is 1. The van der Waals surface area contributed by atoms with Gasteiger partial charge in [0.1, 0.15) is 0 Å². The number of hydrogen-bond acceptors (Lipinski definition) is 6. The summed E-state index contributed by atoms with van der Waals surface area (Å²) in [4.78, 5) is 17.1. The molecule has 0 aliphatic rings. The van der Waals surface area contributed by atoms with Crippen molar-refractivity contribution in [2.24, 2.45) is 0 Å². The number of hydrogen-bond donors (Lipinski definition) is 1. The fourth-order valence-corrected chi connectivity index (χ4v) is 4.93. The van der Waals surface area contributed by atoms with E-state index in [9.17, 15) is 18.0 Å². The smallest absolute Gasteiger partial charge is 0.416 e. The van der Waals surface area contributed by atoms with E-state index < -0.39 is 11.7 Å². The van der Waals surface area contributed by atoms with Gasteiger partial charge >= 0.3 is 6.18 Å². The molecule has 0 saturated heterocycles. The molecule has 204 valence electrons. The highest BCUT2D eigenvalue weighted by Crippen LogP contribution is 2.39. The first-order valence-electron chi connectivity index (χ1n) is 11.7. The van der Waals surface area contributed by atoms with E-state index in [0.717, 1.165) is 29.1 Å². The van der Waals surface area contributed by atoms with Crippen LogP contribution in [0.2, 0.25) is 0 Å². The zero-order valence-electron chi connectivity index (χ0n) is 21.8. The number of halogens is 3. The van der Waals surface area contributed by atoms with Gasteiger partial charge in [0.15, 0.2) is 16.6 Å². The number of methoxy groups -OCH3 is 3. The minimum absolute atomic E-state index is 0.383. The van der Waals surface area contributed by atoms with Crippen LogP contribution in [0.15, 0.2) is 53.9 Å². The van der Waals surface area contributed by atoms with Crippen LogP contribution in [0.1, 0.15) is 22.5 Å². The summed E-state index contributed by atoms with van der Waals surface area (Å²) in [5.74, 6) is 0.983. The highest BCUT2D eigenvalue weighted by atomic mass is 32.1. The number of carbonyl (C=O) groups excluding carboxylic acids is 1. The molecule has 0 bridgehead atoms. The molecule has 4 aromatic rings. The molecule has 7 nitrogen and oxygen atoms in total. The van der Waals surface area contributed by atoms with Crippen molar-refractivity contribution in [1.82, 2.24) is 9.55 Å². The van der Waals surface area contributed by atoms with Crippen LogP contribution in [0.25, 0.3) is 23.0 Å². The number of nitrogens with zero attached hydrogens (tertiary/aromatic N) is 2. The first-order valence-corrected chi connectivity index (χ1v) is 12.5. The molecule has 0 fully saturated rings. The van der Waals surface area contributed by atoms with Gasteiger partial charge in [-0.15, -0.1) is 11.3 Å². The number of alkyl halides is 3. The van der Waals surface area contributed by atoms with E-state index in [1.54, 1.807) is 34.2 Å². The molecule has 11 heteroatoms. The van der Waals surface area contributed by atoms with Crippen molar-refractivity contribution in [2.45, 2.75) is 20.0 Å². The van der Waals surface area contributed by atoms with E-state index in [4.69, 9.17) is 14.2 Å². The zero-order chi connectivity index (χ0) is 28.3. The van der Waals surface area contributed by atoms with Crippen molar-refractivity contribution in [3.63, 3.8) is 0 Å². The van der Waals surface area contributed by atoms with Crippen LogP contribution >= 0.6 is 11.3 Å². The molecular weight excluding hydrogens is 531 g/mol. The number of ether oxygens (including phenoxy) is 3. The van der Waals surface area contributed by atoms with Crippen LogP contribution in [0.3, 0.4) is 0 Å². The van der Waals surface area contributed by atoms with E-state index in [0.29, 0.717) is 39.3 Å². The van der Waals surface area contributed by atoms with E-state index in [2.05, 4.69) is 10.3 Å². The van der Waals surface area contributed by atoms with Gasteiger partial charge in [0, 0.05) is 34.1 Å². The first kappa shape index (κ1) is 27.8. The van der Waals surface area contributed by atoms with Gasteiger partial charge in [-0.3, -0.25) is 10.1 Å².